The van der Waals surface area contributed by atoms with E-state index in [1.165, 1.54) is 12.1 Å². The highest BCUT2D eigenvalue weighted by molar-refractivity contribution is 5.50. The van der Waals surface area contributed by atoms with Crippen molar-refractivity contribution < 1.29 is 13.9 Å². The predicted octanol–water partition coefficient (Wildman–Crippen LogP) is 2.98. The lowest BCUT2D eigenvalue weighted by atomic mass is 9.92. The van der Waals surface area contributed by atoms with Gasteiger partial charge in [0.1, 0.15) is 5.82 Å². The summed E-state index contributed by atoms with van der Waals surface area (Å²) in [4.78, 5) is 0. The van der Waals surface area contributed by atoms with Gasteiger partial charge in [0.15, 0.2) is 11.5 Å². The van der Waals surface area contributed by atoms with Gasteiger partial charge in [-0.25, -0.2) is 9.07 Å². The highest BCUT2D eigenvalue weighted by Gasteiger charge is 2.33. The number of halogens is 1. The first-order chi connectivity index (χ1) is 12.7. The summed E-state index contributed by atoms with van der Waals surface area (Å²) in [5, 5.41) is 15.3. The van der Waals surface area contributed by atoms with Crippen LogP contribution < -0.4 is 14.8 Å². The van der Waals surface area contributed by atoms with E-state index in [-0.39, 0.29) is 17.9 Å². The molecule has 0 saturated heterocycles. The van der Waals surface area contributed by atoms with E-state index in [9.17, 15) is 4.39 Å². The minimum absolute atomic E-state index is 0.0602. The van der Waals surface area contributed by atoms with Crippen LogP contribution in [0, 0.1) is 5.82 Å². The number of tetrazole rings is 1. The van der Waals surface area contributed by atoms with Gasteiger partial charge in [-0.05, 0) is 40.6 Å². The average Bonchev–Trinajstić information content (AvgIpc) is 3.15. The van der Waals surface area contributed by atoms with Crippen LogP contribution in [-0.4, -0.2) is 34.4 Å². The van der Waals surface area contributed by atoms with Crippen molar-refractivity contribution in [2.24, 2.45) is 0 Å². The molecular weight excluding hydrogens is 337 g/mol. The second kappa shape index (κ2) is 6.62. The molecule has 0 bridgehead atoms. The molecule has 2 aromatic carbocycles. The Morgan fingerprint density at radius 3 is 2.65 bits per heavy atom. The molecule has 3 aromatic rings. The van der Waals surface area contributed by atoms with E-state index < -0.39 is 0 Å². The molecule has 0 amide bonds. The molecule has 0 aliphatic carbocycles. The van der Waals surface area contributed by atoms with E-state index in [1.54, 1.807) is 31.0 Å². The Bertz CT molecular complexity index is 912. The van der Waals surface area contributed by atoms with E-state index in [0.29, 0.717) is 23.9 Å². The van der Waals surface area contributed by atoms with Crippen LogP contribution in [0.4, 0.5) is 10.3 Å². The molecule has 1 aromatic heterocycles. The maximum Gasteiger partial charge on any atom is 0.243 e. The van der Waals surface area contributed by atoms with Crippen molar-refractivity contribution in [3.63, 3.8) is 0 Å². The van der Waals surface area contributed by atoms with Gasteiger partial charge in [0, 0.05) is 5.56 Å². The number of hydrogen-bond donors (Lipinski definition) is 1. The summed E-state index contributed by atoms with van der Waals surface area (Å²) in [5.74, 6) is 1.60. The van der Waals surface area contributed by atoms with E-state index >= 15 is 0 Å². The normalized spacial score (nSPS) is 18.7. The molecule has 1 aliphatic rings. The zero-order valence-corrected chi connectivity index (χ0v) is 14.4. The van der Waals surface area contributed by atoms with Crippen molar-refractivity contribution in [1.82, 2.24) is 20.2 Å². The highest BCUT2D eigenvalue weighted by atomic mass is 19.1. The number of hydrogen-bond acceptors (Lipinski definition) is 6. The SMILES string of the molecule is COc1cccc(C2CC(c3ccc(F)cc3)Nc3nnnn32)c1OC. The Hall–Kier alpha value is -3.16. The van der Waals surface area contributed by atoms with E-state index in [1.807, 2.05) is 18.2 Å². The van der Waals surface area contributed by atoms with Crippen LogP contribution in [0.25, 0.3) is 0 Å². The van der Waals surface area contributed by atoms with Gasteiger partial charge < -0.3 is 14.8 Å². The maximum absolute atomic E-state index is 13.3. The molecule has 2 atom stereocenters. The van der Waals surface area contributed by atoms with Gasteiger partial charge in [-0.2, -0.15) is 0 Å². The Labute approximate surface area is 149 Å². The molecule has 0 fully saturated rings. The van der Waals surface area contributed by atoms with Crippen LogP contribution in [-0.2, 0) is 0 Å². The maximum atomic E-state index is 13.3. The van der Waals surface area contributed by atoms with E-state index in [4.69, 9.17) is 9.47 Å². The summed E-state index contributed by atoms with van der Waals surface area (Å²) in [7, 11) is 3.22. The highest BCUT2D eigenvalue weighted by Crippen LogP contribution is 2.43. The number of anilines is 1. The zero-order chi connectivity index (χ0) is 18.1. The Balaban J connectivity index is 1.78. The smallest absolute Gasteiger partial charge is 0.243 e. The van der Waals surface area contributed by atoms with Crippen molar-refractivity contribution in [1.29, 1.82) is 0 Å². The third kappa shape index (κ3) is 2.73. The molecule has 4 rings (SSSR count). The fourth-order valence-electron chi connectivity index (χ4n) is 3.38. The van der Waals surface area contributed by atoms with Gasteiger partial charge >= 0.3 is 0 Å². The minimum atomic E-state index is -0.264. The number of nitrogens with one attached hydrogen (secondary N) is 1. The number of ether oxygens (including phenoxy) is 2. The predicted molar refractivity (Wildman–Crippen MR) is 92.9 cm³/mol. The summed E-state index contributed by atoms with van der Waals surface area (Å²) < 4.78 is 26.0. The monoisotopic (exact) mass is 355 g/mol. The van der Waals surface area contributed by atoms with Gasteiger partial charge in [0.2, 0.25) is 5.95 Å². The van der Waals surface area contributed by atoms with Crippen LogP contribution in [0.15, 0.2) is 42.5 Å². The molecule has 2 unspecified atom stereocenters. The van der Waals surface area contributed by atoms with E-state index in [2.05, 4.69) is 20.8 Å². The van der Waals surface area contributed by atoms with Crippen LogP contribution in [0.2, 0.25) is 0 Å². The number of fused-ring (bicyclic) bond motifs is 1. The van der Waals surface area contributed by atoms with Crippen molar-refractivity contribution in [3.05, 3.63) is 59.4 Å². The third-order valence-corrected chi connectivity index (χ3v) is 4.62. The van der Waals surface area contributed by atoms with Crippen LogP contribution in [0.3, 0.4) is 0 Å². The van der Waals surface area contributed by atoms with Gasteiger partial charge in [0.25, 0.3) is 0 Å². The van der Waals surface area contributed by atoms with Crippen molar-refractivity contribution in [2.75, 3.05) is 19.5 Å². The number of rotatable bonds is 4. The molecule has 8 heteroatoms. The fraction of sp³-hybridized carbons (Fsp3) is 0.278. The second-order valence-corrected chi connectivity index (χ2v) is 6.03. The summed E-state index contributed by atoms with van der Waals surface area (Å²) in [5.41, 5.74) is 1.89. The van der Waals surface area contributed by atoms with Gasteiger partial charge in [-0.3, -0.25) is 0 Å². The Kier molecular flexibility index (Phi) is 4.16. The zero-order valence-electron chi connectivity index (χ0n) is 14.4. The van der Waals surface area contributed by atoms with Crippen LogP contribution in [0.1, 0.15) is 29.6 Å². The number of benzene rings is 2. The molecular formula is C18H18FN5O2. The average molecular weight is 355 g/mol. The van der Waals surface area contributed by atoms with Crippen molar-refractivity contribution in [3.8, 4) is 11.5 Å². The topological polar surface area (TPSA) is 74.1 Å². The molecule has 7 nitrogen and oxygen atoms in total. The van der Waals surface area contributed by atoms with Gasteiger partial charge in [-0.1, -0.05) is 29.4 Å². The number of nitrogens with zero attached hydrogens (tertiary/aromatic N) is 4. The first-order valence-corrected chi connectivity index (χ1v) is 8.22. The van der Waals surface area contributed by atoms with Crippen LogP contribution >= 0.6 is 0 Å². The van der Waals surface area contributed by atoms with Crippen molar-refractivity contribution in [2.45, 2.75) is 18.5 Å². The van der Waals surface area contributed by atoms with Gasteiger partial charge in [0.05, 0.1) is 26.3 Å². The third-order valence-electron chi connectivity index (χ3n) is 4.62. The number of para-hydroxylation sites is 1. The van der Waals surface area contributed by atoms with E-state index in [0.717, 1.165) is 11.1 Å². The summed E-state index contributed by atoms with van der Waals surface area (Å²) in [6, 6.07) is 12.0. The molecule has 134 valence electrons. The lowest BCUT2D eigenvalue weighted by Crippen LogP contribution is -2.28. The molecule has 1 N–H and O–H groups in total. The molecule has 0 radical (unpaired) electrons. The lowest BCUT2D eigenvalue weighted by molar-refractivity contribution is 0.339. The molecule has 2 heterocycles. The van der Waals surface area contributed by atoms with Crippen molar-refractivity contribution >= 4 is 5.95 Å². The lowest BCUT2D eigenvalue weighted by Gasteiger charge is -2.31. The largest absolute Gasteiger partial charge is 0.493 e. The summed E-state index contributed by atoms with van der Waals surface area (Å²) in [6.45, 7) is 0. The van der Waals surface area contributed by atoms with Gasteiger partial charge in [-0.15, -0.1) is 0 Å². The standard InChI is InChI=1S/C18H18FN5O2/c1-25-16-5-3-4-13(17(16)26-2)15-10-14(11-6-8-12(19)9-7-11)20-18-21-22-23-24(15)18/h3-9,14-15H,10H2,1-2H3,(H,20,21,23). The Morgan fingerprint density at radius 1 is 1.12 bits per heavy atom. The molecule has 26 heavy (non-hydrogen) atoms. The quantitative estimate of drug-likeness (QED) is 0.776. The minimum Gasteiger partial charge on any atom is -0.493 e. The number of methoxy groups -OCH3 is 2. The summed E-state index contributed by atoms with van der Waals surface area (Å²) >= 11 is 0. The molecule has 1 aliphatic heterocycles. The van der Waals surface area contributed by atoms with Crippen LogP contribution in [0.5, 0.6) is 11.5 Å². The molecule has 0 saturated carbocycles. The first kappa shape index (κ1) is 16.3. The first-order valence-electron chi connectivity index (χ1n) is 8.22. The number of aromatic nitrogens is 4. The fourth-order valence-corrected chi connectivity index (χ4v) is 3.38. The summed E-state index contributed by atoms with van der Waals surface area (Å²) in [6.07, 6.45) is 0.674. The molecule has 0 spiro atoms. The second-order valence-electron chi connectivity index (χ2n) is 6.03. The Morgan fingerprint density at radius 2 is 1.92 bits per heavy atom.